The average molecular weight is 537 g/mol. The van der Waals surface area contributed by atoms with E-state index in [1.165, 1.54) is 0 Å². The van der Waals surface area contributed by atoms with Crippen molar-refractivity contribution in [2.24, 2.45) is 5.92 Å². The Hall–Kier alpha value is 0.870. The third-order valence-electron chi connectivity index (χ3n) is 4.14. The number of hydrogen-bond acceptors (Lipinski definition) is 3. The van der Waals surface area contributed by atoms with Crippen LogP contribution >= 0.6 is 47.8 Å². The van der Waals surface area contributed by atoms with Crippen LogP contribution in [-0.2, 0) is 9.53 Å². The van der Waals surface area contributed by atoms with E-state index in [0.717, 1.165) is 80.2 Å². The summed E-state index contributed by atoms with van der Waals surface area (Å²) >= 11 is 10.3. The molecular weight excluding hydrogens is 504 g/mol. The predicted molar refractivity (Wildman–Crippen MR) is 113 cm³/mol. The minimum Gasteiger partial charge on any atom is -0.462 e. The Morgan fingerprint density at radius 1 is 0.792 bits per heavy atom. The molecule has 0 saturated carbocycles. The van der Waals surface area contributed by atoms with E-state index in [1.54, 1.807) is 0 Å². The summed E-state index contributed by atoms with van der Waals surface area (Å²) in [4.78, 5) is 12.1. The molecule has 0 spiro atoms. The Kier molecular flexibility index (Phi) is 19.3. The molecule has 0 aromatic heterocycles. The van der Waals surface area contributed by atoms with Gasteiger partial charge in [0.25, 0.3) is 0 Å². The van der Waals surface area contributed by atoms with Gasteiger partial charge in [0.1, 0.15) is 6.10 Å². The number of halogens is 3. The Labute approximate surface area is 173 Å². The summed E-state index contributed by atoms with van der Waals surface area (Å²) in [7, 11) is 0. The Morgan fingerprint density at radius 3 is 1.92 bits per heavy atom. The van der Waals surface area contributed by atoms with Gasteiger partial charge in [0.05, 0.1) is 0 Å². The Morgan fingerprint density at radius 2 is 1.33 bits per heavy atom. The van der Waals surface area contributed by atoms with Gasteiger partial charge in [-0.2, -0.15) is 0 Å². The second-order valence-electron chi connectivity index (χ2n) is 6.19. The maximum absolute atomic E-state index is 12.1. The number of carbonyl (C=O) groups excluding carboxylic acids is 1. The van der Waals surface area contributed by atoms with Crippen molar-refractivity contribution in [3.8, 4) is 0 Å². The van der Waals surface area contributed by atoms with Gasteiger partial charge in [-0.05, 0) is 44.9 Å². The lowest BCUT2D eigenvalue weighted by Gasteiger charge is -2.26. The molecule has 0 saturated heterocycles. The molecule has 0 aromatic rings. The maximum atomic E-state index is 12.1. The van der Waals surface area contributed by atoms with Crippen molar-refractivity contribution in [2.45, 2.75) is 76.7 Å². The van der Waals surface area contributed by atoms with Gasteiger partial charge >= 0.3 is 5.97 Å². The van der Waals surface area contributed by atoms with Gasteiger partial charge in [-0.1, -0.05) is 67.1 Å². The van der Waals surface area contributed by atoms with Crippen LogP contribution < -0.4 is 0 Å². The van der Waals surface area contributed by atoms with Crippen LogP contribution in [0.25, 0.3) is 0 Å². The first-order chi connectivity index (χ1) is 11.7. The van der Waals surface area contributed by atoms with Crippen molar-refractivity contribution in [3.05, 3.63) is 0 Å². The molecule has 0 rings (SSSR count). The van der Waals surface area contributed by atoms with Gasteiger partial charge in [-0.3, -0.25) is 4.79 Å². The molecule has 2 atom stereocenters. The first-order valence-corrected chi connectivity index (χ1v) is 12.5. The maximum Gasteiger partial charge on any atom is 0.306 e. The molecule has 0 heterocycles. The largest absolute Gasteiger partial charge is 0.462 e. The standard InChI is InChI=1S/C18H33Br3O3/c19-12-6-1-3-10-17(16(15-22)9-5-8-14-21)24-18(23)11-4-2-7-13-20/h16-17,22H,1-15H2. The van der Waals surface area contributed by atoms with Crippen molar-refractivity contribution >= 4 is 53.8 Å². The van der Waals surface area contributed by atoms with E-state index < -0.39 is 0 Å². The summed E-state index contributed by atoms with van der Waals surface area (Å²) in [5.41, 5.74) is 0. The number of alkyl halides is 3. The molecule has 0 aliphatic rings. The molecule has 0 bridgehead atoms. The minimum atomic E-state index is -0.135. The number of aliphatic hydroxyl groups is 1. The van der Waals surface area contributed by atoms with Crippen LogP contribution in [0.15, 0.2) is 0 Å². The average Bonchev–Trinajstić information content (AvgIpc) is 2.58. The second-order valence-corrected chi connectivity index (χ2v) is 8.57. The van der Waals surface area contributed by atoms with Gasteiger partial charge in [-0.15, -0.1) is 0 Å². The minimum absolute atomic E-state index is 0.0690. The van der Waals surface area contributed by atoms with E-state index in [4.69, 9.17) is 4.74 Å². The molecule has 6 heteroatoms. The second kappa shape index (κ2) is 18.7. The molecule has 0 radical (unpaired) electrons. The third kappa shape index (κ3) is 14.1. The van der Waals surface area contributed by atoms with Crippen LogP contribution in [0.4, 0.5) is 0 Å². The summed E-state index contributed by atoms with van der Waals surface area (Å²) in [5.74, 6) is -0.0338. The van der Waals surface area contributed by atoms with Crippen LogP contribution in [0, 0.1) is 5.92 Å². The fourth-order valence-corrected chi connectivity index (χ4v) is 3.86. The molecule has 1 N–H and O–H groups in total. The number of aliphatic hydroxyl groups excluding tert-OH is 1. The van der Waals surface area contributed by atoms with Gasteiger partial charge in [0.15, 0.2) is 0 Å². The lowest BCUT2D eigenvalue weighted by atomic mass is 9.93. The number of rotatable bonds is 17. The van der Waals surface area contributed by atoms with Crippen molar-refractivity contribution in [3.63, 3.8) is 0 Å². The molecule has 3 nitrogen and oxygen atoms in total. The highest BCUT2D eigenvalue weighted by atomic mass is 79.9. The van der Waals surface area contributed by atoms with Gasteiger partial charge in [0, 0.05) is 34.9 Å². The van der Waals surface area contributed by atoms with Crippen LogP contribution in [0.2, 0.25) is 0 Å². The zero-order valence-corrected chi connectivity index (χ0v) is 19.4. The quantitative estimate of drug-likeness (QED) is 0.141. The van der Waals surface area contributed by atoms with Crippen molar-refractivity contribution in [1.82, 2.24) is 0 Å². The van der Waals surface area contributed by atoms with Crippen LogP contribution in [-0.4, -0.2) is 39.8 Å². The summed E-state index contributed by atoms with van der Waals surface area (Å²) in [6.45, 7) is 0.0995. The van der Waals surface area contributed by atoms with Crippen molar-refractivity contribution in [2.75, 3.05) is 22.6 Å². The topological polar surface area (TPSA) is 46.5 Å². The SMILES string of the molecule is O=C(CCCCCBr)OC(CCCCCBr)C(CO)CCCCBr. The highest BCUT2D eigenvalue weighted by Crippen LogP contribution is 2.22. The van der Waals surface area contributed by atoms with E-state index in [2.05, 4.69) is 47.8 Å². The number of carbonyl (C=O) groups is 1. The molecule has 0 amide bonds. The highest BCUT2D eigenvalue weighted by Gasteiger charge is 2.24. The number of ether oxygens (including phenoxy) is 1. The molecule has 2 unspecified atom stereocenters. The summed E-state index contributed by atoms with van der Waals surface area (Å²) in [6.07, 6.45) is 10.6. The third-order valence-corrected chi connectivity index (χ3v) is 5.82. The first kappa shape index (κ1) is 24.9. The fraction of sp³-hybridized carbons (Fsp3) is 0.944. The van der Waals surface area contributed by atoms with Crippen molar-refractivity contribution in [1.29, 1.82) is 0 Å². The number of esters is 1. The lowest BCUT2D eigenvalue weighted by molar-refractivity contribution is -0.153. The van der Waals surface area contributed by atoms with E-state index in [-0.39, 0.29) is 24.6 Å². The summed E-state index contributed by atoms with van der Waals surface area (Å²) in [5, 5.41) is 12.7. The molecule has 0 aromatic carbocycles. The zero-order chi connectivity index (χ0) is 18.0. The molecule has 144 valence electrons. The summed E-state index contributed by atoms with van der Waals surface area (Å²) < 4.78 is 5.76. The van der Waals surface area contributed by atoms with Crippen LogP contribution in [0.3, 0.4) is 0 Å². The first-order valence-electron chi connectivity index (χ1n) is 9.17. The molecule has 0 aliphatic heterocycles. The Bertz CT molecular complexity index is 291. The zero-order valence-electron chi connectivity index (χ0n) is 14.7. The van der Waals surface area contributed by atoms with Gasteiger partial charge in [0.2, 0.25) is 0 Å². The molecule has 0 fully saturated rings. The normalized spacial score (nSPS) is 13.7. The predicted octanol–water partition coefficient (Wildman–Crippen LogP) is 5.98. The number of hydrogen-bond donors (Lipinski definition) is 1. The Balaban J connectivity index is 4.38. The monoisotopic (exact) mass is 534 g/mol. The molecule has 24 heavy (non-hydrogen) atoms. The van der Waals surface area contributed by atoms with E-state index in [0.29, 0.717) is 6.42 Å². The van der Waals surface area contributed by atoms with Gasteiger partial charge in [-0.25, -0.2) is 0 Å². The highest BCUT2D eigenvalue weighted by molar-refractivity contribution is 9.09. The molecule has 0 aliphatic carbocycles. The molecular formula is C18H33Br3O3. The van der Waals surface area contributed by atoms with E-state index >= 15 is 0 Å². The van der Waals surface area contributed by atoms with Crippen molar-refractivity contribution < 1.29 is 14.6 Å². The number of unbranched alkanes of at least 4 members (excludes halogenated alkanes) is 5. The van der Waals surface area contributed by atoms with E-state index in [9.17, 15) is 9.90 Å². The lowest BCUT2D eigenvalue weighted by Crippen LogP contribution is -2.29. The van der Waals surface area contributed by atoms with Crippen LogP contribution in [0.1, 0.15) is 70.6 Å². The van der Waals surface area contributed by atoms with E-state index in [1.807, 2.05) is 0 Å². The summed E-state index contributed by atoms with van der Waals surface area (Å²) in [6, 6.07) is 0. The van der Waals surface area contributed by atoms with Crippen LogP contribution in [0.5, 0.6) is 0 Å². The fourth-order valence-electron chi connectivity index (χ4n) is 2.67. The van der Waals surface area contributed by atoms with Gasteiger partial charge < -0.3 is 9.84 Å². The smallest absolute Gasteiger partial charge is 0.306 e.